The predicted octanol–water partition coefficient (Wildman–Crippen LogP) is 2.74. The van der Waals surface area contributed by atoms with Crippen molar-refractivity contribution in [1.82, 2.24) is 4.90 Å². The Bertz CT molecular complexity index is 214. The third-order valence-electron chi connectivity index (χ3n) is 3.34. The molecule has 0 saturated heterocycles. The van der Waals surface area contributed by atoms with Gasteiger partial charge in [0.2, 0.25) is 5.91 Å². The van der Waals surface area contributed by atoms with E-state index in [9.17, 15) is 4.79 Å². The van der Waals surface area contributed by atoms with Gasteiger partial charge in [-0.3, -0.25) is 4.79 Å². The molecule has 0 aromatic carbocycles. The van der Waals surface area contributed by atoms with Gasteiger partial charge in [-0.15, -0.1) is 0 Å². The van der Waals surface area contributed by atoms with Crippen LogP contribution in [0.2, 0.25) is 0 Å². The Morgan fingerprint density at radius 3 is 2.53 bits per heavy atom. The average molecular weight is 229 g/mol. The molecule has 1 aliphatic carbocycles. The summed E-state index contributed by atoms with van der Waals surface area (Å²) in [6, 6.07) is 0. The molecule has 88 valence electrons. The van der Waals surface area contributed by atoms with Crippen molar-refractivity contribution in [3.05, 3.63) is 0 Å². The molecule has 1 aliphatic rings. The summed E-state index contributed by atoms with van der Waals surface area (Å²) in [5, 5.41) is 0. The summed E-state index contributed by atoms with van der Waals surface area (Å²) in [7, 11) is 1.92. The van der Waals surface area contributed by atoms with Gasteiger partial charge in [0.05, 0.1) is 0 Å². The van der Waals surface area contributed by atoms with Crippen molar-refractivity contribution in [3.8, 4) is 0 Å². The van der Waals surface area contributed by atoms with E-state index in [-0.39, 0.29) is 5.41 Å². The van der Waals surface area contributed by atoms with E-state index < -0.39 is 0 Å². The molecule has 0 spiro atoms. The van der Waals surface area contributed by atoms with Crippen molar-refractivity contribution in [3.63, 3.8) is 0 Å². The molecule has 0 radical (unpaired) electrons. The number of carbonyl (C=O) groups excluding carboxylic acids is 1. The van der Waals surface area contributed by atoms with Gasteiger partial charge in [0.1, 0.15) is 0 Å². The van der Waals surface area contributed by atoms with E-state index in [1.54, 1.807) is 0 Å². The van der Waals surface area contributed by atoms with Crippen LogP contribution < -0.4 is 0 Å². The molecule has 0 N–H and O–H groups in total. The molecule has 0 aromatic heterocycles. The van der Waals surface area contributed by atoms with Crippen molar-refractivity contribution in [1.29, 1.82) is 0 Å². The van der Waals surface area contributed by atoms with Crippen LogP contribution in [0.25, 0.3) is 0 Å². The van der Waals surface area contributed by atoms with Gasteiger partial charge in [-0.2, -0.15) is 12.6 Å². The van der Waals surface area contributed by atoms with Crippen LogP contribution in [0.4, 0.5) is 0 Å². The zero-order valence-electron chi connectivity index (χ0n) is 9.96. The molecule has 0 atom stereocenters. The number of rotatable bonds is 7. The minimum absolute atomic E-state index is 0.263. The lowest BCUT2D eigenvalue weighted by atomic mass is 10.0. The van der Waals surface area contributed by atoms with Crippen molar-refractivity contribution >= 4 is 18.5 Å². The van der Waals surface area contributed by atoms with Crippen LogP contribution in [-0.4, -0.2) is 30.2 Å². The maximum atomic E-state index is 11.8. The first kappa shape index (κ1) is 12.9. The fourth-order valence-electron chi connectivity index (χ4n) is 1.75. The van der Waals surface area contributed by atoms with E-state index in [2.05, 4.69) is 19.6 Å². The van der Waals surface area contributed by atoms with E-state index >= 15 is 0 Å². The van der Waals surface area contributed by atoms with Crippen LogP contribution in [0.3, 0.4) is 0 Å². The third kappa shape index (κ3) is 4.06. The molecule has 3 heteroatoms. The fraction of sp³-hybridized carbons (Fsp3) is 0.917. The van der Waals surface area contributed by atoms with Gasteiger partial charge in [-0.05, 0) is 30.4 Å². The molecule has 0 aromatic rings. The molecule has 0 heterocycles. The van der Waals surface area contributed by atoms with Crippen LogP contribution in [0.1, 0.15) is 45.4 Å². The maximum Gasteiger partial charge on any atom is 0.222 e. The Labute approximate surface area is 98.8 Å². The van der Waals surface area contributed by atoms with E-state index in [4.69, 9.17) is 0 Å². The van der Waals surface area contributed by atoms with E-state index in [1.165, 1.54) is 25.7 Å². The highest BCUT2D eigenvalue weighted by Gasteiger charge is 2.43. The molecule has 2 nitrogen and oxygen atoms in total. The topological polar surface area (TPSA) is 20.3 Å². The number of amides is 1. The van der Waals surface area contributed by atoms with Crippen LogP contribution in [0, 0.1) is 5.41 Å². The molecule has 1 amide bonds. The Kier molecular flexibility index (Phi) is 4.97. The highest BCUT2D eigenvalue weighted by atomic mass is 32.1. The molecule has 0 aliphatic heterocycles. The molecule has 15 heavy (non-hydrogen) atoms. The zero-order valence-corrected chi connectivity index (χ0v) is 10.9. The summed E-state index contributed by atoms with van der Waals surface area (Å²) in [4.78, 5) is 13.7. The molecule has 0 bridgehead atoms. The lowest BCUT2D eigenvalue weighted by Crippen LogP contribution is -2.30. The molecule has 1 rings (SSSR count). The van der Waals surface area contributed by atoms with E-state index in [0.717, 1.165) is 18.7 Å². The molecule has 0 unspecified atom stereocenters. The fourth-order valence-corrected chi connectivity index (χ4v) is 2.18. The van der Waals surface area contributed by atoms with Gasteiger partial charge in [-0.25, -0.2) is 0 Å². The second kappa shape index (κ2) is 5.78. The highest BCUT2D eigenvalue weighted by Crippen LogP contribution is 2.49. The molecule has 1 fully saturated rings. The minimum atomic E-state index is 0.263. The van der Waals surface area contributed by atoms with Gasteiger partial charge in [0.25, 0.3) is 0 Å². The number of thiol groups is 1. The monoisotopic (exact) mass is 229 g/mol. The normalized spacial score (nSPS) is 17.5. The first-order valence-corrected chi connectivity index (χ1v) is 6.61. The standard InChI is InChI=1S/C12H23NOS/c1-3-4-5-8-13(2)11(14)9-12(10-15)6-7-12/h15H,3-10H2,1-2H3. The van der Waals surface area contributed by atoms with Crippen LogP contribution in [0.5, 0.6) is 0 Å². The Morgan fingerprint density at radius 1 is 1.40 bits per heavy atom. The number of hydrogen-bond donors (Lipinski definition) is 1. The average Bonchev–Trinajstić information content (AvgIpc) is 2.98. The van der Waals surface area contributed by atoms with Crippen LogP contribution in [-0.2, 0) is 4.79 Å². The van der Waals surface area contributed by atoms with Crippen LogP contribution >= 0.6 is 12.6 Å². The second-order valence-electron chi connectivity index (χ2n) is 4.86. The summed E-state index contributed by atoms with van der Waals surface area (Å²) in [6.07, 6.45) is 6.64. The number of unbranched alkanes of at least 4 members (excludes halogenated alkanes) is 2. The quantitative estimate of drug-likeness (QED) is 0.526. The SMILES string of the molecule is CCCCCN(C)C(=O)CC1(CS)CC1. The summed E-state index contributed by atoms with van der Waals surface area (Å²) in [6.45, 7) is 3.09. The Balaban J connectivity index is 2.21. The lowest BCUT2D eigenvalue weighted by molar-refractivity contribution is -0.131. The summed E-state index contributed by atoms with van der Waals surface area (Å²) >= 11 is 4.32. The minimum Gasteiger partial charge on any atom is -0.346 e. The number of carbonyl (C=O) groups is 1. The van der Waals surface area contributed by atoms with Gasteiger partial charge < -0.3 is 4.90 Å². The highest BCUT2D eigenvalue weighted by molar-refractivity contribution is 7.80. The zero-order chi connectivity index (χ0) is 11.3. The van der Waals surface area contributed by atoms with E-state index in [0.29, 0.717) is 12.3 Å². The summed E-state index contributed by atoms with van der Waals surface area (Å²) < 4.78 is 0. The van der Waals surface area contributed by atoms with Gasteiger partial charge in [0.15, 0.2) is 0 Å². The first-order valence-electron chi connectivity index (χ1n) is 5.98. The van der Waals surface area contributed by atoms with Gasteiger partial charge >= 0.3 is 0 Å². The largest absolute Gasteiger partial charge is 0.346 e. The number of nitrogens with zero attached hydrogens (tertiary/aromatic N) is 1. The van der Waals surface area contributed by atoms with E-state index in [1.807, 2.05) is 11.9 Å². The van der Waals surface area contributed by atoms with Crippen LogP contribution in [0.15, 0.2) is 0 Å². The Morgan fingerprint density at radius 2 is 2.07 bits per heavy atom. The molecule has 1 saturated carbocycles. The predicted molar refractivity (Wildman–Crippen MR) is 67.3 cm³/mol. The Hall–Kier alpha value is -0.180. The molecular formula is C12H23NOS. The third-order valence-corrected chi connectivity index (χ3v) is 4.01. The second-order valence-corrected chi connectivity index (χ2v) is 5.17. The van der Waals surface area contributed by atoms with Gasteiger partial charge in [0, 0.05) is 20.0 Å². The smallest absolute Gasteiger partial charge is 0.222 e. The summed E-state index contributed by atoms with van der Waals surface area (Å²) in [5.41, 5.74) is 0.263. The number of hydrogen-bond acceptors (Lipinski definition) is 2. The maximum absolute atomic E-state index is 11.8. The van der Waals surface area contributed by atoms with Crippen molar-refractivity contribution < 1.29 is 4.79 Å². The molecular weight excluding hydrogens is 206 g/mol. The van der Waals surface area contributed by atoms with Gasteiger partial charge in [-0.1, -0.05) is 19.8 Å². The summed E-state index contributed by atoms with van der Waals surface area (Å²) in [5.74, 6) is 1.17. The van der Waals surface area contributed by atoms with Crippen molar-refractivity contribution in [2.24, 2.45) is 5.41 Å². The van der Waals surface area contributed by atoms with Crippen molar-refractivity contribution in [2.75, 3.05) is 19.3 Å². The lowest BCUT2D eigenvalue weighted by Gasteiger charge is -2.20. The first-order chi connectivity index (χ1) is 7.13. The van der Waals surface area contributed by atoms with Crippen molar-refractivity contribution in [2.45, 2.75) is 45.4 Å².